The molecule has 4 heteroatoms. The van der Waals surface area contributed by atoms with E-state index in [0.29, 0.717) is 13.1 Å². The zero-order valence-electron chi connectivity index (χ0n) is 7.71. The molecule has 0 saturated carbocycles. The Hall–Kier alpha value is -0.300. The Labute approximate surface area is 78.5 Å². The van der Waals surface area contributed by atoms with Crippen LogP contribution in [0, 0.1) is 11.3 Å². The first kappa shape index (κ1) is 11.7. The number of nitriles is 1. The molecule has 0 aromatic rings. The third-order valence-corrected chi connectivity index (χ3v) is 1.50. The third-order valence-electron chi connectivity index (χ3n) is 1.27. The number of aliphatic hydroxyl groups is 1. The number of hydrogen-bond donors (Lipinski definition) is 1. The molecular weight excluding hydrogens is 176 g/mol. The molecule has 0 aromatic carbocycles. The molecule has 1 atom stereocenters. The van der Waals surface area contributed by atoms with Crippen LogP contribution in [-0.4, -0.2) is 41.1 Å². The van der Waals surface area contributed by atoms with Gasteiger partial charge in [-0.05, 0) is 20.9 Å². The van der Waals surface area contributed by atoms with Gasteiger partial charge in [0.1, 0.15) is 5.38 Å². The fourth-order valence-corrected chi connectivity index (χ4v) is 1.28. The highest BCUT2D eigenvalue weighted by Crippen LogP contribution is 2.05. The van der Waals surface area contributed by atoms with Crippen LogP contribution in [-0.2, 0) is 0 Å². The Balaban J connectivity index is 3.76. The number of alkyl halides is 1. The Morgan fingerprint density at radius 3 is 2.50 bits per heavy atom. The zero-order valence-corrected chi connectivity index (χ0v) is 8.47. The van der Waals surface area contributed by atoms with Crippen molar-refractivity contribution in [1.29, 1.82) is 5.26 Å². The standard InChI is InChI=1S/C8H15ClN2O/c1-8(2,12)6-11(3)5-7(9)4-10/h7,12H,5-6H2,1-3H3. The molecule has 0 aromatic heterocycles. The summed E-state index contributed by atoms with van der Waals surface area (Å²) in [6, 6.07) is 1.92. The fourth-order valence-electron chi connectivity index (χ4n) is 1.04. The molecule has 0 aliphatic rings. The van der Waals surface area contributed by atoms with Crippen molar-refractivity contribution in [3.8, 4) is 6.07 Å². The summed E-state index contributed by atoms with van der Waals surface area (Å²) in [6.45, 7) is 4.43. The summed E-state index contributed by atoms with van der Waals surface area (Å²) in [5, 5.41) is 17.3. The van der Waals surface area contributed by atoms with Gasteiger partial charge in [-0.25, -0.2) is 0 Å². The maximum absolute atomic E-state index is 9.41. The van der Waals surface area contributed by atoms with Crippen molar-refractivity contribution in [2.75, 3.05) is 20.1 Å². The molecule has 0 aliphatic heterocycles. The molecule has 1 unspecified atom stereocenters. The van der Waals surface area contributed by atoms with Gasteiger partial charge in [0.25, 0.3) is 0 Å². The lowest BCUT2D eigenvalue weighted by Crippen LogP contribution is -2.38. The van der Waals surface area contributed by atoms with E-state index in [1.807, 2.05) is 18.0 Å². The lowest BCUT2D eigenvalue weighted by atomic mass is 10.1. The molecule has 0 rings (SSSR count). The van der Waals surface area contributed by atoms with Crippen LogP contribution in [0.3, 0.4) is 0 Å². The molecular formula is C8H15ClN2O. The Bertz CT molecular complexity index is 171. The summed E-state index contributed by atoms with van der Waals surface area (Å²) in [4.78, 5) is 1.83. The fraction of sp³-hybridized carbons (Fsp3) is 0.875. The summed E-state index contributed by atoms with van der Waals surface area (Å²) < 4.78 is 0. The van der Waals surface area contributed by atoms with E-state index in [-0.39, 0.29) is 0 Å². The third kappa shape index (κ3) is 6.41. The second-order valence-corrected chi connectivity index (χ2v) is 4.13. The van der Waals surface area contributed by atoms with Gasteiger partial charge in [-0.1, -0.05) is 0 Å². The first-order valence-electron chi connectivity index (χ1n) is 3.80. The molecule has 0 heterocycles. The molecule has 12 heavy (non-hydrogen) atoms. The number of hydrogen-bond acceptors (Lipinski definition) is 3. The first-order chi connectivity index (χ1) is 5.35. The lowest BCUT2D eigenvalue weighted by Gasteiger charge is -2.25. The topological polar surface area (TPSA) is 47.3 Å². The van der Waals surface area contributed by atoms with E-state index in [9.17, 15) is 5.11 Å². The second kappa shape index (κ2) is 4.66. The van der Waals surface area contributed by atoms with Gasteiger partial charge >= 0.3 is 0 Å². The predicted molar refractivity (Wildman–Crippen MR) is 49.0 cm³/mol. The van der Waals surface area contributed by atoms with Gasteiger partial charge < -0.3 is 10.0 Å². The highest BCUT2D eigenvalue weighted by Gasteiger charge is 2.17. The Kier molecular flexibility index (Phi) is 4.54. The van der Waals surface area contributed by atoms with Crippen LogP contribution in [0.2, 0.25) is 0 Å². The monoisotopic (exact) mass is 190 g/mol. The number of halogens is 1. The summed E-state index contributed by atoms with van der Waals surface area (Å²) in [5.41, 5.74) is -0.735. The van der Waals surface area contributed by atoms with E-state index in [0.717, 1.165) is 0 Å². The number of rotatable bonds is 4. The Morgan fingerprint density at radius 2 is 2.17 bits per heavy atom. The van der Waals surface area contributed by atoms with Crippen LogP contribution in [0.15, 0.2) is 0 Å². The normalized spacial score (nSPS) is 14.4. The lowest BCUT2D eigenvalue weighted by molar-refractivity contribution is 0.0455. The minimum atomic E-state index is -0.735. The summed E-state index contributed by atoms with van der Waals surface area (Å²) >= 11 is 5.60. The van der Waals surface area contributed by atoms with Crippen molar-refractivity contribution in [2.45, 2.75) is 24.8 Å². The second-order valence-electron chi connectivity index (χ2n) is 3.61. The maximum Gasteiger partial charge on any atom is 0.133 e. The maximum atomic E-state index is 9.41. The van der Waals surface area contributed by atoms with Crippen LogP contribution in [0.1, 0.15) is 13.8 Å². The Morgan fingerprint density at radius 1 is 1.67 bits per heavy atom. The summed E-state index contributed by atoms with van der Waals surface area (Å²) in [5.74, 6) is 0. The van der Waals surface area contributed by atoms with Crippen molar-refractivity contribution in [3.05, 3.63) is 0 Å². The van der Waals surface area contributed by atoms with Gasteiger partial charge in [-0.15, -0.1) is 11.6 Å². The summed E-state index contributed by atoms with van der Waals surface area (Å²) in [6.07, 6.45) is 0. The largest absolute Gasteiger partial charge is 0.389 e. The predicted octanol–water partition coefficient (Wildman–Crippen LogP) is 0.820. The van der Waals surface area contributed by atoms with Crippen molar-refractivity contribution >= 4 is 11.6 Å². The average molecular weight is 191 g/mol. The van der Waals surface area contributed by atoms with Crippen molar-refractivity contribution < 1.29 is 5.11 Å². The molecule has 0 spiro atoms. The highest BCUT2D eigenvalue weighted by molar-refractivity contribution is 6.22. The van der Waals surface area contributed by atoms with Gasteiger partial charge in [0.2, 0.25) is 0 Å². The number of nitrogens with zero attached hydrogens (tertiary/aromatic N) is 2. The van der Waals surface area contributed by atoms with E-state index in [4.69, 9.17) is 16.9 Å². The minimum Gasteiger partial charge on any atom is -0.389 e. The SMILES string of the molecule is CN(CC(Cl)C#N)CC(C)(C)O. The molecule has 0 saturated heterocycles. The van der Waals surface area contributed by atoms with Crippen molar-refractivity contribution in [1.82, 2.24) is 4.90 Å². The van der Waals surface area contributed by atoms with E-state index in [1.54, 1.807) is 13.8 Å². The van der Waals surface area contributed by atoms with Crippen LogP contribution in [0.4, 0.5) is 0 Å². The van der Waals surface area contributed by atoms with Crippen LogP contribution >= 0.6 is 11.6 Å². The van der Waals surface area contributed by atoms with Gasteiger partial charge in [-0.3, -0.25) is 0 Å². The number of likely N-dealkylation sites (N-methyl/N-ethyl adjacent to an activating group) is 1. The minimum absolute atomic E-state index is 0.474. The van der Waals surface area contributed by atoms with Gasteiger partial charge in [0.05, 0.1) is 11.7 Å². The van der Waals surface area contributed by atoms with E-state index >= 15 is 0 Å². The van der Waals surface area contributed by atoms with Crippen LogP contribution in [0.5, 0.6) is 0 Å². The van der Waals surface area contributed by atoms with Gasteiger partial charge in [0.15, 0.2) is 0 Å². The van der Waals surface area contributed by atoms with E-state index < -0.39 is 11.0 Å². The van der Waals surface area contributed by atoms with Crippen LogP contribution < -0.4 is 0 Å². The smallest absolute Gasteiger partial charge is 0.133 e. The van der Waals surface area contributed by atoms with Gasteiger partial charge in [-0.2, -0.15) is 5.26 Å². The molecule has 1 N–H and O–H groups in total. The quantitative estimate of drug-likeness (QED) is 0.668. The molecule has 0 fully saturated rings. The average Bonchev–Trinajstić information content (AvgIpc) is 1.82. The zero-order chi connectivity index (χ0) is 9.78. The molecule has 0 radical (unpaired) electrons. The molecule has 70 valence electrons. The van der Waals surface area contributed by atoms with Gasteiger partial charge in [0, 0.05) is 13.1 Å². The van der Waals surface area contributed by atoms with Crippen LogP contribution in [0.25, 0.3) is 0 Å². The summed E-state index contributed by atoms with van der Waals surface area (Å²) in [7, 11) is 1.82. The molecule has 0 aliphatic carbocycles. The highest BCUT2D eigenvalue weighted by atomic mass is 35.5. The van der Waals surface area contributed by atoms with Crippen molar-refractivity contribution in [2.24, 2.45) is 0 Å². The first-order valence-corrected chi connectivity index (χ1v) is 4.23. The molecule has 0 bridgehead atoms. The molecule has 0 amide bonds. The molecule has 3 nitrogen and oxygen atoms in total. The van der Waals surface area contributed by atoms with E-state index in [1.165, 1.54) is 0 Å². The van der Waals surface area contributed by atoms with Crippen molar-refractivity contribution in [3.63, 3.8) is 0 Å². The van der Waals surface area contributed by atoms with E-state index in [2.05, 4.69) is 0 Å².